The Kier molecular flexibility index (Phi) is 5.88. The molecule has 1 aromatic heterocycles. The van der Waals surface area contributed by atoms with Gasteiger partial charge in [0, 0.05) is 30.5 Å². The van der Waals surface area contributed by atoms with Crippen molar-refractivity contribution in [2.75, 3.05) is 29.9 Å². The first kappa shape index (κ1) is 19.1. The standard InChI is InChI=1S/C20H25FN4O2/c1-13-6-8-25(9-7-13)20-22-15(3)10-19(24-20)27-12-18(26)23-17-11-16(21)5-4-14(17)2/h4-5,10-11,13H,6-9,12H2,1-3H3,(H,23,26). The number of aromatic nitrogens is 2. The zero-order valence-corrected chi connectivity index (χ0v) is 16.0. The highest BCUT2D eigenvalue weighted by Gasteiger charge is 2.19. The van der Waals surface area contributed by atoms with Gasteiger partial charge in [-0.2, -0.15) is 4.98 Å². The molecule has 1 saturated heterocycles. The van der Waals surface area contributed by atoms with Crippen molar-refractivity contribution in [2.24, 2.45) is 5.92 Å². The van der Waals surface area contributed by atoms with Crippen LogP contribution in [0.15, 0.2) is 24.3 Å². The Labute approximate surface area is 158 Å². The van der Waals surface area contributed by atoms with Crippen LogP contribution in [0.4, 0.5) is 16.0 Å². The predicted octanol–water partition coefficient (Wildman–Crippen LogP) is 3.49. The van der Waals surface area contributed by atoms with Crippen LogP contribution in [0.25, 0.3) is 0 Å². The number of anilines is 2. The molecule has 27 heavy (non-hydrogen) atoms. The SMILES string of the molecule is Cc1cc(OCC(=O)Nc2cc(F)ccc2C)nc(N2CCC(C)CC2)n1. The molecule has 0 atom stereocenters. The van der Waals surface area contributed by atoms with Crippen LogP contribution in [0.2, 0.25) is 0 Å². The normalized spacial score (nSPS) is 14.9. The summed E-state index contributed by atoms with van der Waals surface area (Å²) in [6.07, 6.45) is 2.23. The molecule has 1 amide bonds. The summed E-state index contributed by atoms with van der Waals surface area (Å²) in [5.74, 6) is 0.953. The summed E-state index contributed by atoms with van der Waals surface area (Å²) in [5, 5.41) is 2.66. The Hall–Kier alpha value is -2.70. The van der Waals surface area contributed by atoms with Crippen LogP contribution >= 0.6 is 0 Å². The number of hydrogen-bond acceptors (Lipinski definition) is 5. The van der Waals surface area contributed by atoms with Crippen LogP contribution < -0.4 is 15.0 Å². The number of nitrogens with zero attached hydrogens (tertiary/aromatic N) is 3. The average molecular weight is 372 g/mol. The number of aryl methyl sites for hydroxylation is 2. The number of hydrogen-bond donors (Lipinski definition) is 1. The minimum atomic E-state index is -0.399. The molecular weight excluding hydrogens is 347 g/mol. The van der Waals surface area contributed by atoms with Crippen molar-refractivity contribution in [3.8, 4) is 5.88 Å². The molecular formula is C20H25FN4O2. The number of ether oxygens (including phenoxy) is 1. The molecule has 1 N–H and O–H groups in total. The molecule has 0 saturated carbocycles. The number of carbonyl (C=O) groups is 1. The van der Waals surface area contributed by atoms with Gasteiger partial charge in [0.1, 0.15) is 5.82 Å². The number of rotatable bonds is 5. The second kappa shape index (κ2) is 8.33. The Bertz CT molecular complexity index is 820. The van der Waals surface area contributed by atoms with E-state index in [0.717, 1.165) is 43.1 Å². The zero-order chi connectivity index (χ0) is 19.4. The number of nitrogens with one attached hydrogen (secondary N) is 1. The molecule has 0 bridgehead atoms. The summed E-state index contributed by atoms with van der Waals surface area (Å²) in [5.41, 5.74) is 2.00. The van der Waals surface area contributed by atoms with Crippen LogP contribution in [-0.4, -0.2) is 35.6 Å². The second-order valence-corrected chi connectivity index (χ2v) is 7.11. The largest absolute Gasteiger partial charge is 0.467 e. The third-order valence-corrected chi connectivity index (χ3v) is 4.71. The Morgan fingerprint density at radius 1 is 1.26 bits per heavy atom. The van der Waals surface area contributed by atoms with Crippen molar-refractivity contribution in [3.05, 3.63) is 41.3 Å². The van der Waals surface area contributed by atoms with Gasteiger partial charge in [-0.1, -0.05) is 13.0 Å². The van der Waals surface area contributed by atoms with Crippen molar-refractivity contribution >= 4 is 17.5 Å². The molecule has 0 spiro atoms. The first-order valence-corrected chi connectivity index (χ1v) is 9.20. The van der Waals surface area contributed by atoms with Gasteiger partial charge < -0.3 is 15.0 Å². The number of piperidine rings is 1. The van der Waals surface area contributed by atoms with Gasteiger partial charge in [0.05, 0.1) is 0 Å². The average Bonchev–Trinajstić information content (AvgIpc) is 2.63. The van der Waals surface area contributed by atoms with E-state index >= 15 is 0 Å². The molecule has 2 aromatic rings. The fraction of sp³-hybridized carbons (Fsp3) is 0.450. The van der Waals surface area contributed by atoms with E-state index in [1.54, 1.807) is 19.1 Å². The molecule has 3 rings (SSSR count). The van der Waals surface area contributed by atoms with E-state index in [1.165, 1.54) is 12.1 Å². The van der Waals surface area contributed by atoms with Gasteiger partial charge >= 0.3 is 0 Å². The highest BCUT2D eigenvalue weighted by Crippen LogP contribution is 2.22. The number of halogens is 1. The third kappa shape index (κ3) is 5.15. The monoisotopic (exact) mass is 372 g/mol. The number of amides is 1. The number of carbonyl (C=O) groups excluding carboxylic acids is 1. The number of benzene rings is 1. The molecule has 2 heterocycles. The van der Waals surface area contributed by atoms with E-state index in [0.29, 0.717) is 17.5 Å². The first-order chi connectivity index (χ1) is 12.9. The summed E-state index contributed by atoms with van der Waals surface area (Å²) in [7, 11) is 0. The maximum atomic E-state index is 13.3. The molecule has 1 aliphatic heterocycles. The molecule has 0 aliphatic carbocycles. The topological polar surface area (TPSA) is 67.3 Å². The zero-order valence-electron chi connectivity index (χ0n) is 16.0. The van der Waals surface area contributed by atoms with Crippen molar-refractivity contribution in [1.29, 1.82) is 0 Å². The van der Waals surface area contributed by atoms with Crippen LogP contribution in [0.1, 0.15) is 31.0 Å². The lowest BCUT2D eigenvalue weighted by atomic mass is 10.00. The summed E-state index contributed by atoms with van der Waals surface area (Å²) in [4.78, 5) is 23.2. The molecule has 144 valence electrons. The molecule has 6 nitrogen and oxygen atoms in total. The quantitative estimate of drug-likeness (QED) is 0.870. The third-order valence-electron chi connectivity index (χ3n) is 4.71. The van der Waals surface area contributed by atoms with E-state index in [1.807, 2.05) is 6.92 Å². The van der Waals surface area contributed by atoms with Crippen molar-refractivity contribution in [2.45, 2.75) is 33.6 Å². The summed E-state index contributed by atoms with van der Waals surface area (Å²) >= 11 is 0. The van der Waals surface area contributed by atoms with Gasteiger partial charge in [-0.3, -0.25) is 4.79 Å². The Balaban J connectivity index is 1.62. The van der Waals surface area contributed by atoms with Crippen LogP contribution in [0.3, 0.4) is 0 Å². The molecule has 1 aliphatic rings. The fourth-order valence-electron chi connectivity index (χ4n) is 3.00. The lowest BCUT2D eigenvalue weighted by molar-refractivity contribution is -0.118. The molecule has 1 aromatic carbocycles. The summed E-state index contributed by atoms with van der Waals surface area (Å²) < 4.78 is 18.9. The summed E-state index contributed by atoms with van der Waals surface area (Å²) in [6, 6.07) is 5.97. The fourth-order valence-corrected chi connectivity index (χ4v) is 3.00. The molecule has 1 fully saturated rings. The highest BCUT2D eigenvalue weighted by molar-refractivity contribution is 5.92. The maximum absolute atomic E-state index is 13.3. The van der Waals surface area contributed by atoms with E-state index < -0.39 is 5.82 Å². The van der Waals surface area contributed by atoms with Gasteiger partial charge in [0.15, 0.2) is 6.61 Å². The smallest absolute Gasteiger partial charge is 0.262 e. The van der Waals surface area contributed by atoms with E-state index in [2.05, 4.69) is 27.1 Å². The molecule has 7 heteroatoms. The summed E-state index contributed by atoms with van der Waals surface area (Å²) in [6.45, 7) is 7.56. The van der Waals surface area contributed by atoms with Gasteiger partial charge in [-0.15, -0.1) is 0 Å². The first-order valence-electron chi connectivity index (χ1n) is 9.20. The van der Waals surface area contributed by atoms with Gasteiger partial charge in [0.2, 0.25) is 11.8 Å². The Morgan fingerprint density at radius 2 is 2.00 bits per heavy atom. The van der Waals surface area contributed by atoms with Gasteiger partial charge in [-0.05, 0) is 50.3 Å². The predicted molar refractivity (Wildman–Crippen MR) is 103 cm³/mol. The minimum absolute atomic E-state index is 0.205. The molecule has 0 radical (unpaired) electrons. The maximum Gasteiger partial charge on any atom is 0.262 e. The Morgan fingerprint density at radius 3 is 2.74 bits per heavy atom. The van der Waals surface area contributed by atoms with Gasteiger partial charge in [-0.25, -0.2) is 9.37 Å². The van der Waals surface area contributed by atoms with Crippen molar-refractivity contribution < 1.29 is 13.9 Å². The van der Waals surface area contributed by atoms with Crippen molar-refractivity contribution in [3.63, 3.8) is 0 Å². The highest BCUT2D eigenvalue weighted by atomic mass is 19.1. The van der Waals surface area contributed by atoms with E-state index in [-0.39, 0.29) is 12.5 Å². The lowest BCUT2D eigenvalue weighted by Gasteiger charge is -2.30. The lowest BCUT2D eigenvalue weighted by Crippen LogP contribution is -2.34. The van der Waals surface area contributed by atoms with E-state index in [4.69, 9.17) is 4.74 Å². The van der Waals surface area contributed by atoms with Gasteiger partial charge in [0.25, 0.3) is 5.91 Å². The van der Waals surface area contributed by atoms with Crippen LogP contribution in [0, 0.1) is 25.6 Å². The van der Waals surface area contributed by atoms with Crippen LogP contribution in [0.5, 0.6) is 5.88 Å². The second-order valence-electron chi connectivity index (χ2n) is 7.11. The van der Waals surface area contributed by atoms with Crippen molar-refractivity contribution in [1.82, 2.24) is 9.97 Å². The van der Waals surface area contributed by atoms with Crippen LogP contribution in [-0.2, 0) is 4.79 Å². The van der Waals surface area contributed by atoms with E-state index in [9.17, 15) is 9.18 Å². The minimum Gasteiger partial charge on any atom is -0.467 e. The molecule has 0 unspecified atom stereocenters.